The molecular weight excluding hydrogens is 284 g/mol. The molecule has 0 bridgehead atoms. The van der Waals surface area contributed by atoms with E-state index in [1.54, 1.807) is 30.3 Å². The van der Waals surface area contributed by atoms with Crippen molar-refractivity contribution in [3.63, 3.8) is 0 Å². The van der Waals surface area contributed by atoms with Crippen LogP contribution in [0.3, 0.4) is 0 Å². The molecular formula is C12H11ClN4O3. The van der Waals surface area contributed by atoms with E-state index in [1.165, 1.54) is 7.11 Å². The van der Waals surface area contributed by atoms with Crippen molar-refractivity contribution in [3.05, 3.63) is 46.3 Å². The first-order valence-corrected chi connectivity index (χ1v) is 6.18. The molecule has 3 unspecified atom stereocenters. The van der Waals surface area contributed by atoms with Gasteiger partial charge in [-0.2, -0.15) is 0 Å². The molecule has 3 atom stereocenters. The lowest BCUT2D eigenvalue weighted by Crippen LogP contribution is -2.63. The third-order valence-corrected chi connectivity index (χ3v) is 3.48. The van der Waals surface area contributed by atoms with Crippen LogP contribution in [0.2, 0.25) is 0 Å². The predicted octanol–water partition coefficient (Wildman–Crippen LogP) is 1.99. The van der Waals surface area contributed by atoms with Crippen LogP contribution in [0, 0.1) is 0 Å². The molecule has 0 spiro atoms. The van der Waals surface area contributed by atoms with Crippen molar-refractivity contribution in [2.24, 2.45) is 5.11 Å². The largest absolute Gasteiger partial charge is 0.467 e. The number of halogens is 1. The summed E-state index contributed by atoms with van der Waals surface area (Å²) in [6.07, 6.45) is 0. The summed E-state index contributed by atoms with van der Waals surface area (Å²) in [7, 11) is 1.23. The molecule has 0 aliphatic carbocycles. The number of benzene rings is 1. The summed E-state index contributed by atoms with van der Waals surface area (Å²) in [6, 6.07) is 6.72. The van der Waals surface area contributed by atoms with Gasteiger partial charge in [0.05, 0.1) is 7.11 Å². The van der Waals surface area contributed by atoms with Crippen molar-refractivity contribution in [2.45, 2.75) is 17.6 Å². The van der Waals surface area contributed by atoms with Crippen LogP contribution in [0.5, 0.6) is 0 Å². The number of methoxy groups -OCH3 is 1. The Kier molecular flexibility index (Phi) is 4.12. The minimum atomic E-state index is -0.988. The van der Waals surface area contributed by atoms with Crippen LogP contribution in [0.1, 0.15) is 11.6 Å². The Hall–Kier alpha value is -2.24. The first kappa shape index (κ1) is 14.2. The first-order chi connectivity index (χ1) is 9.61. The maximum absolute atomic E-state index is 12.0. The minimum Gasteiger partial charge on any atom is -0.467 e. The molecule has 1 aromatic rings. The van der Waals surface area contributed by atoms with Gasteiger partial charge in [-0.1, -0.05) is 47.0 Å². The summed E-state index contributed by atoms with van der Waals surface area (Å²) in [6.45, 7) is 0. The van der Waals surface area contributed by atoms with Crippen molar-refractivity contribution < 1.29 is 14.3 Å². The van der Waals surface area contributed by atoms with Gasteiger partial charge >= 0.3 is 5.97 Å². The molecule has 1 aromatic carbocycles. The number of ether oxygens (including phenoxy) is 1. The van der Waals surface area contributed by atoms with Crippen LogP contribution in [-0.2, 0) is 14.3 Å². The third kappa shape index (κ3) is 2.29. The zero-order valence-electron chi connectivity index (χ0n) is 10.5. The molecule has 1 aliphatic heterocycles. The van der Waals surface area contributed by atoms with E-state index in [-0.39, 0.29) is 0 Å². The molecule has 1 heterocycles. The number of alkyl halides is 1. The molecule has 2 rings (SSSR count). The van der Waals surface area contributed by atoms with Gasteiger partial charge in [0.25, 0.3) is 0 Å². The van der Waals surface area contributed by atoms with Gasteiger partial charge in [-0.15, -0.1) is 0 Å². The second-order valence-electron chi connectivity index (χ2n) is 4.10. The zero-order valence-corrected chi connectivity index (χ0v) is 11.3. The van der Waals surface area contributed by atoms with Gasteiger partial charge < -0.3 is 9.64 Å². The van der Waals surface area contributed by atoms with Crippen LogP contribution in [-0.4, -0.2) is 35.4 Å². The Balaban J connectivity index is 2.33. The number of azide groups is 1. The molecule has 1 saturated heterocycles. The van der Waals surface area contributed by atoms with E-state index >= 15 is 0 Å². The van der Waals surface area contributed by atoms with Gasteiger partial charge in [-0.05, 0) is 11.1 Å². The predicted molar refractivity (Wildman–Crippen MR) is 70.6 cm³/mol. The molecule has 0 aromatic heterocycles. The van der Waals surface area contributed by atoms with Gasteiger partial charge in [0.15, 0.2) is 12.1 Å². The standard InChI is InChI=1S/C12H11ClN4O3/c1-20-12(19)9(7-5-3-2-4-6-7)17-10(13)8(11(17)18)15-16-14/h2-6,8-10H,1H3. The number of carbonyl (C=O) groups excluding carboxylic acids is 2. The first-order valence-electron chi connectivity index (χ1n) is 5.75. The number of hydrogen-bond acceptors (Lipinski definition) is 4. The number of β-lactam (4-membered cyclic amide) rings is 1. The highest BCUT2D eigenvalue weighted by Crippen LogP contribution is 2.36. The SMILES string of the molecule is COC(=O)C(c1ccccc1)N1C(=O)C(N=[N+]=[N-])C1Cl. The molecule has 1 aliphatic rings. The van der Waals surface area contributed by atoms with E-state index < -0.39 is 29.5 Å². The molecule has 104 valence electrons. The van der Waals surface area contributed by atoms with Crippen molar-refractivity contribution in [1.82, 2.24) is 4.90 Å². The number of esters is 1. The highest BCUT2D eigenvalue weighted by molar-refractivity contribution is 6.26. The van der Waals surface area contributed by atoms with E-state index in [0.717, 1.165) is 4.90 Å². The van der Waals surface area contributed by atoms with Crippen molar-refractivity contribution in [2.75, 3.05) is 7.11 Å². The average molecular weight is 295 g/mol. The summed E-state index contributed by atoms with van der Waals surface area (Å²) < 4.78 is 4.72. The number of rotatable bonds is 4. The van der Waals surface area contributed by atoms with E-state index in [1.807, 2.05) is 0 Å². The third-order valence-electron chi connectivity index (χ3n) is 3.03. The van der Waals surface area contributed by atoms with Crippen LogP contribution < -0.4 is 0 Å². The fourth-order valence-electron chi connectivity index (χ4n) is 2.05. The summed E-state index contributed by atoms with van der Waals surface area (Å²) in [4.78, 5) is 27.6. The Morgan fingerprint density at radius 2 is 2.15 bits per heavy atom. The van der Waals surface area contributed by atoms with Crippen molar-refractivity contribution in [3.8, 4) is 0 Å². The smallest absolute Gasteiger partial charge is 0.333 e. The molecule has 1 fully saturated rings. The lowest BCUT2D eigenvalue weighted by molar-refractivity contribution is -0.162. The van der Waals surface area contributed by atoms with E-state index in [9.17, 15) is 9.59 Å². The summed E-state index contributed by atoms with van der Waals surface area (Å²) in [5, 5.41) is 3.31. The van der Waals surface area contributed by atoms with Crippen LogP contribution >= 0.6 is 11.6 Å². The molecule has 20 heavy (non-hydrogen) atoms. The highest BCUT2D eigenvalue weighted by Gasteiger charge is 2.51. The summed E-state index contributed by atoms with van der Waals surface area (Å²) in [5.74, 6) is -1.10. The number of carbonyl (C=O) groups is 2. The second kappa shape index (κ2) is 5.81. The molecule has 0 N–H and O–H groups in total. The Morgan fingerprint density at radius 3 is 2.65 bits per heavy atom. The summed E-state index contributed by atoms with van der Waals surface area (Å²) >= 11 is 6.03. The van der Waals surface area contributed by atoms with Gasteiger partial charge in [-0.25, -0.2) is 4.79 Å². The number of likely N-dealkylation sites (tertiary alicyclic amines) is 1. The molecule has 7 nitrogen and oxygen atoms in total. The molecule has 0 radical (unpaired) electrons. The van der Waals surface area contributed by atoms with Gasteiger partial charge in [0.2, 0.25) is 5.91 Å². The average Bonchev–Trinajstić information content (AvgIpc) is 2.50. The number of hydrogen-bond donors (Lipinski definition) is 0. The fraction of sp³-hybridized carbons (Fsp3) is 0.333. The van der Waals surface area contributed by atoms with E-state index in [4.69, 9.17) is 21.9 Å². The monoisotopic (exact) mass is 294 g/mol. The van der Waals surface area contributed by atoms with Crippen molar-refractivity contribution >= 4 is 23.5 Å². The van der Waals surface area contributed by atoms with Crippen molar-refractivity contribution in [1.29, 1.82) is 0 Å². The van der Waals surface area contributed by atoms with E-state index in [0.29, 0.717) is 5.56 Å². The molecule has 1 amide bonds. The van der Waals surface area contributed by atoms with Gasteiger partial charge in [0, 0.05) is 4.91 Å². The maximum Gasteiger partial charge on any atom is 0.333 e. The quantitative estimate of drug-likeness (QED) is 0.162. The Morgan fingerprint density at radius 1 is 1.50 bits per heavy atom. The number of amides is 1. The van der Waals surface area contributed by atoms with E-state index in [2.05, 4.69) is 10.0 Å². The lowest BCUT2D eigenvalue weighted by Gasteiger charge is -2.44. The summed E-state index contributed by atoms with van der Waals surface area (Å²) in [5.41, 5.74) is 8.08. The second-order valence-corrected chi connectivity index (χ2v) is 4.55. The molecule has 8 heteroatoms. The van der Waals surface area contributed by atoms with Gasteiger partial charge in [0.1, 0.15) is 5.50 Å². The fourth-order valence-corrected chi connectivity index (χ4v) is 2.42. The number of nitrogens with zero attached hydrogens (tertiary/aromatic N) is 4. The molecule has 0 saturated carbocycles. The lowest BCUT2D eigenvalue weighted by atomic mass is 9.98. The van der Waals surface area contributed by atoms with Crippen LogP contribution in [0.15, 0.2) is 35.4 Å². The van der Waals surface area contributed by atoms with Gasteiger partial charge in [-0.3, -0.25) is 4.79 Å². The topological polar surface area (TPSA) is 95.4 Å². The maximum atomic E-state index is 12.0. The Labute approximate surface area is 119 Å². The Bertz CT molecular complexity index is 573. The van der Waals surface area contributed by atoms with Crippen LogP contribution in [0.4, 0.5) is 0 Å². The van der Waals surface area contributed by atoms with Crippen LogP contribution in [0.25, 0.3) is 10.4 Å². The zero-order chi connectivity index (χ0) is 14.7. The minimum absolute atomic E-state index is 0.498. The normalized spacial score (nSPS) is 22.5. The highest BCUT2D eigenvalue weighted by atomic mass is 35.5.